The Morgan fingerprint density at radius 2 is 1.66 bits per heavy atom. The minimum absolute atomic E-state index is 0.0589. The van der Waals surface area contributed by atoms with Gasteiger partial charge in [0.05, 0.1) is 26.4 Å². The summed E-state index contributed by atoms with van der Waals surface area (Å²) in [5, 5.41) is 0. The lowest BCUT2D eigenvalue weighted by molar-refractivity contribution is -0.131. The SMILES string of the molecule is CCOC(=O)c1cc(C)n(CC(=O)N(C)Cc2cc(OC)c(OC)cc2C)c1C. The average Bonchev–Trinajstić information content (AvgIpc) is 2.97. The summed E-state index contributed by atoms with van der Waals surface area (Å²) in [4.78, 5) is 26.6. The molecule has 1 aromatic heterocycles. The molecule has 0 bridgehead atoms. The van der Waals surface area contributed by atoms with Gasteiger partial charge in [0.1, 0.15) is 6.54 Å². The molecule has 1 amide bonds. The summed E-state index contributed by atoms with van der Waals surface area (Å²) in [5.74, 6) is 0.864. The van der Waals surface area contributed by atoms with Crippen LogP contribution in [0.3, 0.4) is 0 Å². The van der Waals surface area contributed by atoms with Gasteiger partial charge in [0, 0.05) is 25.0 Å². The molecule has 0 saturated heterocycles. The van der Waals surface area contributed by atoms with Gasteiger partial charge in [-0.25, -0.2) is 4.79 Å². The summed E-state index contributed by atoms with van der Waals surface area (Å²) < 4.78 is 17.6. The van der Waals surface area contributed by atoms with Crippen molar-refractivity contribution in [2.75, 3.05) is 27.9 Å². The number of likely N-dealkylation sites (N-methyl/N-ethyl adjacent to an activating group) is 1. The summed E-state index contributed by atoms with van der Waals surface area (Å²) in [7, 11) is 4.95. The van der Waals surface area contributed by atoms with E-state index in [0.717, 1.165) is 22.5 Å². The van der Waals surface area contributed by atoms with E-state index in [9.17, 15) is 9.59 Å². The molecule has 2 aromatic rings. The average molecular weight is 402 g/mol. The lowest BCUT2D eigenvalue weighted by Crippen LogP contribution is -2.30. The number of amides is 1. The third-order valence-electron chi connectivity index (χ3n) is 5.04. The zero-order valence-corrected chi connectivity index (χ0v) is 18.3. The van der Waals surface area contributed by atoms with Crippen LogP contribution < -0.4 is 9.47 Å². The number of aromatic nitrogens is 1. The monoisotopic (exact) mass is 402 g/mol. The number of nitrogens with zero attached hydrogens (tertiary/aromatic N) is 2. The molecule has 0 aliphatic rings. The zero-order chi connectivity index (χ0) is 21.7. The van der Waals surface area contributed by atoms with E-state index in [1.165, 1.54) is 0 Å². The fourth-order valence-corrected chi connectivity index (χ4v) is 3.25. The lowest BCUT2D eigenvalue weighted by Gasteiger charge is -2.21. The van der Waals surface area contributed by atoms with E-state index in [0.29, 0.717) is 30.2 Å². The summed E-state index contributed by atoms with van der Waals surface area (Å²) in [6, 6.07) is 5.56. The third kappa shape index (κ3) is 4.91. The molecule has 0 saturated carbocycles. The van der Waals surface area contributed by atoms with E-state index in [2.05, 4.69) is 0 Å². The van der Waals surface area contributed by atoms with Crippen LogP contribution >= 0.6 is 0 Å². The summed E-state index contributed by atoms with van der Waals surface area (Å²) >= 11 is 0. The van der Waals surface area contributed by atoms with Gasteiger partial charge in [0.15, 0.2) is 11.5 Å². The second kappa shape index (κ2) is 9.49. The second-order valence-electron chi connectivity index (χ2n) is 6.97. The van der Waals surface area contributed by atoms with E-state index >= 15 is 0 Å². The minimum atomic E-state index is -0.367. The number of esters is 1. The number of ether oxygens (including phenoxy) is 3. The van der Waals surface area contributed by atoms with Crippen molar-refractivity contribution < 1.29 is 23.8 Å². The van der Waals surface area contributed by atoms with Crippen molar-refractivity contribution in [2.45, 2.75) is 40.8 Å². The van der Waals surface area contributed by atoms with Gasteiger partial charge in [0.2, 0.25) is 5.91 Å². The van der Waals surface area contributed by atoms with E-state index in [4.69, 9.17) is 14.2 Å². The normalized spacial score (nSPS) is 10.6. The molecule has 0 N–H and O–H groups in total. The second-order valence-corrected chi connectivity index (χ2v) is 6.97. The smallest absolute Gasteiger partial charge is 0.339 e. The molecule has 0 spiro atoms. The fraction of sp³-hybridized carbons (Fsp3) is 0.455. The number of carbonyl (C=O) groups excluding carboxylic acids is 2. The van der Waals surface area contributed by atoms with E-state index in [-0.39, 0.29) is 18.4 Å². The van der Waals surface area contributed by atoms with Crippen molar-refractivity contribution in [2.24, 2.45) is 0 Å². The number of aryl methyl sites for hydroxylation is 2. The summed E-state index contributed by atoms with van der Waals surface area (Å²) in [5.41, 5.74) is 4.06. The predicted molar refractivity (Wildman–Crippen MR) is 111 cm³/mol. The molecule has 0 unspecified atom stereocenters. The van der Waals surface area contributed by atoms with Gasteiger partial charge >= 0.3 is 5.97 Å². The van der Waals surface area contributed by atoms with Gasteiger partial charge in [-0.2, -0.15) is 0 Å². The number of carbonyl (C=O) groups is 2. The summed E-state index contributed by atoms with van der Waals surface area (Å²) in [6.07, 6.45) is 0. The Balaban J connectivity index is 2.17. The number of benzene rings is 1. The van der Waals surface area contributed by atoms with Crippen LogP contribution in [0, 0.1) is 20.8 Å². The van der Waals surface area contributed by atoms with Crippen LogP contribution in [0.1, 0.15) is 39.8 Å². The maximum absolute atomic E-state index is 12.8. The Labute approximate surface area is 172 Å². The molecule has 29 heavy (non-hydrogen) atoms. The lowest BCUT2D eigenvalue weighted by atomic mass is 10.1. The highest BCUT2D eigenvalue weighted by Crippen LogP contribution is 2.30. The Morgan fingerprint density at radius 1 is 1.03 bits per heavy atom. The number of hydrogen-bond donors (Lipinski definition) is 0. The fourth-order valence-electron chi connectivity index (χ4n) is 3.25. The predicted octanol–water partition coefficient (Wildman–Crippen LogP) is 3.27. The third-order valence-corrected chi connectivity index (χ3v) is 5.04. The molecule has 7 nitrogen and oxygen atoms in total. The highest BCUT2D eigenvalue weighted by Gasteiger charge is 2.20. The summed E-state index contributed by atoms with van der Waals surface area (Å²) in [6.45, 7) is 8.35. The zero-order valence-electron chi connectivity index (χ0n) is 18.3. The van der Waals surface area contributed by atoms with Gasteiger partial charge in [-0.3, -0.25) is 4.79 Å². The first kappa shape index (κ1) is 22.3. The Bertz CT molecular complexity index is 901. The Hall–Kier alpha value is -2.96. The van der Waals surface area contributed by atoms with Gasteiger partial charge in [-0.15, -0.1) is 0 Å². The van der Waals surface area contributed by atoms with Crippen LogP contribution in [0.5, 0.6) is 11.5 Å². The van der Waals surface area contributed by atoms with E-state index < -0.39 is 0 Å². The highest BCUT2D eigenvalue weighted by atomic mass is 16.5. The molecule has 0 fully saturated rings. The van der Waals surface area contributed by atoms with E-state index in [1.807, 2.05) is 37.5 Å². The minimum Gasteiger partial charge on any atom is -0.493 e. The topological polar surface area (TPSA) is 70.0 Å². The first-order valence-electron chi connectivity index (χ1n) is 9.52. The van der Waals surface area contributed by atoms with Crippen LogP contribution in [0.4, 0.5) is 0 Å². The number of hydrogen-bond acceptors (Lipinski definition) is 5. The molecule has 2 rings (SSSR count). The maximum Gasteiger partial charge on any atom is 0.339 e. The molecule has 0 aliphatic heterocycles. The molecule has 0 radical (unpaired) electrons. The van der Waals surface area contributed by atoms with Crippen LogP contribution in [0.2, 0.25) is 0 Å². The highest BCUT2D eigenvalue weighted by molar-refractivity contribution is 5.91. The van der Waals surface area contributed by atoms with Crippen molar-refractivity contribution in [3.63, 3.8) is 0 Å². The van der Waals surface area contributed by atoms with E-state index in [1.54, 1.807) is 39.2 Å². The van der Waals surface area contributed by atoms with Crippen molar-refractivity contribution in [3.8, 4) is 11.5 Å². The van der Waals surface area contributed by atoms with Crippen LogP contribution in [-0.4, -0.2) is 49.2 Å². The van der Waals surface area contributed by atoms with Crippen LogP contribution in [0.25, 0.3) is 0 Å². The first-order valence-corrected chi connectivity index (χ1v) is 9.52. The Morgan fingerprint density at radius 3 is 2.24 bits per heavy atom. The molecular formula is C22H30N2O5. The van der Waals surface area contributed by atoms with Crippen molar-refractivity contribution in [1.82, 2.24) is 9.47 Å². The van der Waals surface area contributed by atoms with Gasteiger partial charge < -0.3 is 23.7 Å². The Kier molecular flexibility index (Phi) is 7.31. The van der Waals surface area contributed by atoms with Gasteiger partial charge in [0.25, 0.3) is 0 Å². The van der Waals surface area contributed by atoms with Crippen molar-refractivity contribution in [3.05, 3.63) is 46.3 Å². The molecule has 1 aromatic carbocycles. The van der Waals surface area contributed by atoms with Crippen molar-refractivity contribution in [1.29, 1.82) is 0 Å². The molecule has 7 heteroatoms. The molecule has 0 atom stereocenters. The van der Waals surface area contributed by atoms with Crippen LogP contribution in [0.15, 0.2) is 18.2 Å². The molecular weight excluding hydrogens is 372 g/mol. The maximum atomic E-state index is 12.8. The van der Waals surface area contributed by atoms with Crippen molar-refractivity contribution >= 4 is 11.9 Å². The molecule has 158 valence electrons. The number of rotatable bonds is 8. The quantitative estimate of drug-likeness (QED) is 0.634. The van der Waals surface area contributed by atoms with Gasteiger partial charge in [-0.05, 0) is 57.0 Å². The number of methoxy groups -OCH3 is 2. The van der Waals surface area contributed by atoms with Gasteiger partial charge in [-0.1, -0.05) is 0 Å². The van der Waals surface area contributed by atoms with Crippen LogP contribution in [-0.2, 0) is 22.6 Å². The largest absolute Gasteiger partial charge is 0.493 e. The standard InChI is InChI=1S/C22H30N2O5/c1-8-29-22(26)18-10-15(3)24(16(18)4)13-21(25)23(5)12-17-11-20(28-7)19(27-6)9-14(17)2/h9-11H,8,12-13H2,1-7H3. The first-order chi connectivity index (χ1) is 13.7. The molecule has 0 aliphatic carbocycles. The molecule has 1 heterocycles.